The summed E-state index contributed by atoms with van der Waals surface area (Å²) in [4.78, 5) is 2.24. The molecule has 0 fully saturated rings. The molecule has 0 spiro atoms. The van der Waals surface area contributed by atoms with Crippen molar-refractivity contribution in [3.8, 4) is 11.5 Å². The third-order valence-corrected chi connectivity index (χ3v) is 6.66. The highest BCUT2D eigenvalue weighted by Crippen LogP contribution is 2.31. The molecule has 0 aromatic heterocycles. The molecule has 0 amide bonds. The van der Waals surface area contributed by atoms with Crippen molar-refractivity contribution < 1.29 is 8.42 Å². The first-order chi connectivity index (χ1) is 13.6. The fourth-order valence-electron chi connectivity index (χ4n) is 2.98. The summed E-state index contributed by atoms with van der Waals surface area (Å²) in [5, 5.41) is 1.60. The molecule has 29 heavy (non-hydrogen) atoms. The van der Waals surface area contributed by atoms with E-state index in [0.717, 1.165) is 16.6 Å². The van der Waals surface area contributed by atoms with Gasteiger partial charge in [0.25, 0.3) is 10.0 Å². The van der Waals surface area contributed by atoms with Crippen molar-refractivity contribution in [1.82, 2.24) is 0 Å². The number of hydrogen-bond donors (Lipinski definition) is 1. The van der Waals surface area contributed by atoms with E-state index in [-0.39, 0.29) is 4.90 Å². The summed E-state index contributed by atoms with van der Waals surface area (Å²) in [5.74, 6) is 3.18. The van der Waals surface area contributed by atoms with Gasteiger partial charge >= 0.3 is 0 Å². The van der Waals surface area contributed by atoms with Crippen LogP contribution in [-0.2, 0) is 10.0 Å². The normalized spacial score (nSPS) is 11.6. The maximum Gasteiger partial charge on any atom is 0.262 e. The van der Waals surface area contributed by atoms with E-state index < -0.39 is 18.1 Å². The van der Waals surface area contributed by atoms with Gasteiger partial charge in [-0.2, -0.15) is 0 Å². The van der Waals surface area contributed by atoms with Crippen LogP contribution >= 0.6 is 0 Å². The fraction of sp³-hybridized carbons (Fsp3) is 0.217. The Labute approximate surface area is 174 Å². The minimum Gasteiger partial charge on any atom is -0.377 e. The molecule has 3 aromatic rings. The molecule has 0 aliphatic carbocycles. The SMILES string of the molecule is CN(C)c1cccc2c(S(=O)(=O)Nc3ccc(C#C[Si](C)(C)C)cc3)cccc12. The lowest BCUT2D eigenvalue weighted by Gasteiger charge is -2.17. The first kappa shape index (κ1) is 21.0. The number of nitrogens with one attached hydrogen (secondary N) is 1. The Kier molecular flexibility index (Phi) is 5.74. The number of anilines is 2. The summed E-state index contributed by atoms with van der Waals surface area (Å²) >= 11 is 0. The number of rotatable bonds is 4. The molecule has 6 heteroatoms. The lowest BCUT2D eigenvalue weighted by molar-refractivity contribution is 0.602. The summed E-state index contributed by atoms with van der Waals surface area (Å²) in [5.41, 5.74) is 5.69. The standard InChI is InChI=1S/C23H26N2O2SSi/c1-25(2)22-10-6-9-21-20(22)8-7-11-23(21)28(26,27)24-19-14-12-18(13-15-19)16-17-29(3,4)5/h6-15,24H,1-5H3. The van der Waals surface area contributed by atoms with Gasteiger partial charge in [0.2, 0.25) is 0 Å². The molecule has 1 N–H and O–H groups in total. The molecule has 0 bridgehead atoms. The molecule has 0 aliphatic heterocycles. The van der Waals surface area contributed by atoms with E-state index >= 15 is 0 Å². The number of benzene rings is 3. The van der Waals surface area contributed by atoms with Crippen LogP contribution in [0.5, 0.6) is 0 Å². The molecule has 150 valence electrons. The Morgan fingerprint density at radius 2 is 1.48 bits per heavy atom. The molecular formula is C23H26N2O2SSi. The van der Waals surface area contributed by atoms with Gasteiger partial charge in [-0.3, -0.25) is 4.72 Å². The van der Waals surface area contributed by atoms with Crippen LogP contribution in [0.15, 0.2) is 65.6 Å². The van der Waals surface area contributed by atoms with Gasteiger partial charge in [0, 0.05) is 41.8 Å². The average molecular weight is 423 g/mol. The molecule has 0 saturated heterocycles. The van der Waals surface area contributed by atoms with Crippen molar-refractivity contribution in [2.45, 2.75) is 24.5 Å². The van der Waals surface area contributed by atoms with E-state index in [1.165, 1.54) is 0 Å². The predicted molar refractivity (Wildman–Crippen MR) is 126 cm³/mol. The Hall–Kier alpha value is -2.75. The van der Waals surface area contributed by atoms with Crippen molar-refractivity contribution in [3.05, 3.63) is 66.2 Å². The van der Waals surface area contributed by atoms with Gasteiger partial charge in [0.15, 0.2) is 0 Å². The largest absolute Gasteiger partial charge is 0.377 e. The average Bonchev–Trinajstić information content (AvgIpc) is 2.65. The van der Waals surface area contributed by atoms with Crippen LogP contribution in [0.2, 0.25) is 19.6 Å². The van der Waals surface area contributed by atoms with Crippen molar-refractivity contribution >= 4 is 40.2 Å². The zero-order valence-corrected chi connectivity index (χ0v) is 19.3. The fourth-order valence-corrected chi connectivity index (χ4v) is 4.78. The summed E-state index contributed by atoms with van der Waals surface area (Å²) in [6.07, 6.45) is 0. The maximum absolute atomic E-state index is 13.1. The van der Waals surface area contributed by atoms with Crippen LogP contribution in [-0.4, -0.2) is 30.6 Å². The van der Waals surface area contributed by atoms with Gasteiger partial charge < -0.3 is 4.90 Å². The van der Waals surface area contributed by atoms with E-state index in [4.69, 9.17) is 0 Å². The van der Waals surface area contributed by atoms with Gasteiger partial charge in [0.05, 0.1) is 4.90 Å². The summed E-state index contributed by atoms with van der Waals surface area (Å²) in [7, 11) is -1.29. The van der Waals surface area contributed by atoms with Gasteiger partial charge in [-0.05, 0) is 36.4 Å². The van der Waals surface area contributed by atoms with E-state index in [0.29, 0.717) is 11.1 Å². The van der Waals surface area contributed by atoms with Crippen molar-refractivity contribution in [2.75, 3.05) is 23.7 Å². The highest BCUT2D eigenvalue weighted by Gasteiger charge is 2.18. The van der Waals surface area contributed by atoms with Crippen LogP contribution in [0.25, 0.3) is 10.8 Å². The quantitative estimate of drug-likeness (QED) is 0.479. The summed E-state index contributed by atoms with van der Waals surface area (Å²) < 4.78 is 28.9. The van der Waals surface area contributed by atoms with E-state index in [9.17, 15) is 8.42 Å². The molecule has 0 radical (unpaired) electrons. The zero-order valence-electron chi connectivity index (χ0n) is 17.4. The topological polar surface area (TPSA) is 49.4 Å². The number of nitrogens with zero attached hydrogens (tertiary/aromatic N) is 1. The van der Waals surface area contributed by atoms with E-state index in [1.54, 1.807) is 24.3 Å². The molecule has 0 aliphatic rings. The first-order valence-electron chi connectivity index (χ1n) is 9.42. The van der Waals surface area contributed by atoms with Crippen molar-refractivity contribution in [2.24, 2.45) is 0 Å². The first-order valence-corrected chi connectivity index (χ1v) is 14.4. The molecule has 0 saturated carbocycles. The lowest BCUT2D eigenvalue weighted by atomic mass is 10.1. The minimum atomic E-state index is -3.73. The highest BCUT2D eigenvalue weighted by atomic mass is 32.2. The second-order valence-corrected chi connectivity index (χ2v) is 14.6. The van der Waals surface area contributed by atoms with Gasteiger partial charge in [0.1, 0.15) is 8.07 Å². The van der Waals surface area contributed by atoms with Gasteiger partial charge in [-0.1, -0.05) is 49.8 Å². The Balaban J connectivity index is 1.94. The Morgan fingerprint density at radius 3 is 2.10 bits per heavy atom. The van der Waals surface area contributed by atoms with Crippen LogP contribution < -0.4 is 9.62 Å². The monoisotopic (exact) mass is 422 g/mol. The van der Waals surface area contributed by atoms with Crippen LogP contribution in [0.3, 0.4) is 0 Å². The summed E-state index contributed by atoms with van der Waals surface area (Å²) in [6, 6.07) is 18.2. The van der Waals surface area contributed by atoms with Crippen molar-refractivity contribution in [3.63, 3.8) is 0 Å². The molecule has 0 heterocycles. The van der Waals surface area contributed by atoms with E-state index in [1.807, 2.05) is 55.4 Å². The molecule has 4 nitrogen and oxygen atoms in total. The second kappa shape index (κ2) is 7.94. The number of hydrogen-bond acceptors (Lipinski definition) is 3. The second-order valence-electron chi connectivity index (χ2n) is 8.21. The molecule has 3 rings (SSSR count). The Morgan fingerprint density at radius 1 is 0.862 bits per heavy atom. The summed E-state index contributed by atoms with van der Waals surface area (Å²) in [6.45, 7) is 6.57. The van der Waals surface area contributed by atoms with Crippen LogP contribution in [0, 0.1) is 11.5 Å². The molecule has 0 unspecified atom stereocenters. The van der Waals surface area contributed by atoms with Gasteiger partial charge in [-0.15, -0.1) is 5.54 Å². The third-order valence-electron chi connectivity index (χ3n) is 4.35. The lowest BCUT2D eigenvalue weighted by Crippen LogP contribution is -2.16. The number of fused-ring (bicyclic) bond motifs is 1. The van der Waals surface area contributed by atoms with Crippen LogP contribution in [0.1, 0.15) is 5.56 Å². The minimum absolute atomic E-state index is 0.265. The molecule has 3 aromatic carbocycles. The molecule has 0 atom stereocenters. The maximum atomic E-state index is 13.1. The smallest absolute Gasteiger partial charge is 0.262 e. The zero-order chi connectivity index (χ0) is 21.2. The van der Waals surface area contributed by atoms with Crippen LogP contribution in [0.4, 0.5) is 11.4 Å². The predicted octanol–water partition coefficient (Wildman–Crippen LogP) is 4.94. The van der Waals surface area contributed by atoms with Crippen molar-refractivity contribution in [1.29, 1.82) is 0 Å². The third kappa shape index (κ3) is 5.00. The molecular weight excluding hydrogens is 396 g/mol. The van der Waals surface area contributed by atoms with Gasteiger partial charge in [-0.25, -0.2) is 8.42 Å². The Bertz CT molecular complexity index is 1200. The highest BCUT2D eigenvalue weighted by molar-refractivity contribution is 7.93. The van der Waals surface area contributed by atoms with E-state index in [2.05, 4.69) is 35.8 Å². The number of sulfonamides is 1.